The van der Waals surface area contributed by atoms with Crippen LogP contribution in [0.25, 0.3) is 0 Å². The van der Waals surface area contributed by atoms with Crippen LogP contribution in [0.5, 0.6) is 0 Å². The zero-order valence-electron chi connectivity index (χ0n) is 12.0. The Kier molecular flexibility index (Phi) is 5.27. The van der Waals surface area contributed by atoms with E-state index in [1.54, 1.807) is 12.1 Å². The van der Waals surface area contributed by atoms with Crippen molar-refractivity contribution in [3.8, 4) is 0 Å². The van der Waals surface area contributed by atoms with Gasteiger partial charge in [0.15, 0.2) is 0 Å². The lowest BCUT2D eigenvalue weighted by Gasteiger charge is -2.16. The minimum absolute atomic E-state index is 0.346. The Morgan fingerprint density at radius 2 is 1.91 bits per heavy atom. The van der Waals surface area contributed by atoms with Gasteiger partial charge in [0.2, 0.25) is 5.91 Å². The van der Waals surface area contributed by atoms with Gasteiger partial charge in [0.25, 0.3) is 5.91 Å². The van der Waals surface area contributed by atoms with E-state index < -0.39 is 11.9 Å². The average Bonchev–Trinajstić information content (AvgIpc) is 2.47. The number of pyridine rings is 1. The second-order valence-corrected chi connectivity index (χ2v) is 5.66. The molecule has 3 N–H and O–H groups in total. The van der Waals surface area contributed by atoms with Crippen LogP contribution in [0.4, 0.5) is 0 Å². The Morgan fingerprint density at radius 1 is 1.23 bits per heavy atom. The monoisotopic (exact) mass is 361 g/mol. The number of nitrogens with two attached hydrogens (primary N) is 1. The van der Waals surface area contributed by atoms with E-state index in [1.165, 1.54) is 0 Å². The summed E-state index contributed by atoms with van der Waals surface area (Å²) in [5.41, 5.74) is 7.47. The largest absolute Gasteiger partial charge is 0.368 e. The quantitative estimate of drug-likeness (QED) is 0.798. The molecule has 1 atom stereocenters. The molecular weight excluding hydrogens is 346 g/mol. The van der Waals surface area contributed by atoms with Crippen molar-refractivity contribution in [2.75, 3.05) is 0 Å². The summed E-state index contributed by atoms with van der Waals surface area (Å²) in [6, 6.07) is 12.0. The Labute approximate surface area is 137 Å². The highest BCUT2D eigenvalue weighted by Crippen LogP contribution is 2.15. The molecule has 1 heterocycles. The number of hydrogen-bond acceptors (Lipinski definition) is 3. The van der Waals surface area contributed by atoms with E-state index in [0.717, 1.165) is 11.3 Å². The number of hydrogen-bond donors (Lipinski definition) is 2. The first-order chi connectivity index (χ1) is 10.5. The number of aromatic nitrogens is 1. The fourth-order valence-corrected chi connectivity index (χ4v) is 2.59. The van der Waals surface area contributed by atoms with E-state index >= 15 is 0 Å². The van der Waals surface area contributed by atoms with Gasteiger partial charge in [0, 0.05) is 12.1 Å². The van der Waals surface area contributed by atoms with Gasteiger partial charge in [-0.1, -0.05) is 30.3 Å². The van der Waals surface area contributed by atoms with E-state index in [-0.39, 0.29) is 5.91 Å². The highest BCUT2D eigenvalue weighted by atomic mass is 79.9. The van der Waals surface area contributed by atoms with Crippen LogP contribution in [0.15, 0.2) is 47.1 Å². The zero-order chi connectivity index (χ0) is 16.1. The standard InChI is InChI=1S/C16H16BrN3O2/c1-10-7-8-12(14(17)19-10)16(22)20-13(15(18)21)9-11-5-3-2-4-6-11/h2-8,13H,9H2,1H3,(H2,18,21)(H,20,22)/t13-/m0/s1. The van der Waals surface area contributed by atoms with Crippen molar-refractivity contribution >= 4 is 27.7 Å². The maximum Gasteiger partial charge on any atom is 0.254 e. The Bertz CT molecular complexity index is 689. The molecule has 0 aliphatic rings. The summed E-state index contributed by atoms with van der Waals surface area (Å²) in [6.45, 7) is 1.83. The number of benzene rings is 1. The minimum atomic E-state index is -0.775. The van der Waals surface area contributed by atoms with Gasteiger partial charge in [-0.2, -0.15) is 0 Å². The van der Waals surface area contributed by atoms with Crippen LogP contribution < -0.4 is 11.1 Å². The molecule has 2 aromatic rings. The molecule has 2 rings (SSSR count). The summed E-state index contributed by atoms with van der Waals surface area (Å²) >= 11 is 3.25. The van der Waals surface area contributed by atoms with E-state index in [2.05, 4.69) is 26.2 Å². The molecule has 0 saturated carbocycles. The van der Waals surface area contributed by atoms with Crippen LogP contribution in [-0.4, -0.2) is 22.8 Å². The molecule has 1 aromatic heterocycles. The lowest BCUT2D eigenvalue weighted by Crippen LogP contribution is -2.46. The lowest BCUT2D eigenvalue weighted by atomic mass is 10.1. The van der Waals surface area contributed by atoms with Gasteiger partial charge in [0.05, 0.1) is 5.56 Å². The third-order valence-corrected chi connectivity index (χ3v) is 3.77. The topological polar surface area (TPSA) is 85.1 Å². The predicted molar refractivity (Wildman–Crippen MR) is 87.3 cm³/mol. The Hall–Kier alpha value is -2.21. The van der Waals surface area contributed by atoms with Gasteiger partial charge >= 0.3 is 0 Å². The minimum Gasteiger partial charge on any atom is -0.368 e. The molecule has 2 amide bonds. The highest BCUT2D eigenvalue weighted by molar-refractivity contribution is 9.10. The van der Waals surface area contributed by atoms with Crippen molar-refractivity contribution in [2.45, 2.75) is 19.4 Å². The lowest BCUT2D eigenvalue weighted by molar-refractivity contribution is -0.119. The molecule has 5 nitrogen and oxygen atoms in total. The second-order valence-electron chi connectivity index (χ2n) is 4.91. The van der Waals surface area contributed by atoms with Gasteiger partial charge in [-0.3, -0.25) is 9.59 Å². The van der Waals surface area contributed by atoms with Crippen molar-refractivity contribution < 1.29 is 9.59 Å². The Morgan fingerprint density at radius 3 is 2.50 bits per heavy atom. The number of amides is 2. The van der Waals surface area contributed by atoms with Gasteiger partial charge < -0.3 is 11.1 Å². The summed E-state index contributed by atoms with van der Waals surface area (Å²) in [7, 11) is 0. The molecule has 114 valence electrons. The van der Waals surface area contributed by atoms with E-state index in [1.807, 2.05) is 37.3 Å². The van der Waals surface area contributed by atoms with E-state index in [9.17, 15) is 9.59 Å². The van der Waals surface area contributed by atoms with Gasteiger partial charge in [-0.25, -0.2) is 4.98 Å². The molecule has 0 saturated heterocycles. The third kappa shape index (κ3) is 4.14. The van der Waals surface area contributed by atoms with Crippen LogP contribution >= 0.6 is 15.9 Å². The first-order valence-corrected chi connectivity index (χ1v) is 7.54. The number of halogens is 1. The summed E-state index contributed by atoms with van der Waals surface area (Å²) in [5.74, 6) is -0.965. The van der Waals surface area contributed by atoms with Gasteiger partial charge in [-0.05, 0) is 40.5 Å². The molecule has 0 fully saturated rings. The maximum atomic E-state index is 12.3. The first-order valence-electron chi connectivity index (χ1n) is 6.74. The smallest absolute Gasteiger partial charge is 0.254 e. The van der Waals surface area contributed by atoms with Crippen LogP contribution in [0, 0.1) is 6.92 Å². The molecule has 0 spiro atoms. The average molecular weight is 362 g/mol. The molecule has 1 aromatic carbocycles. The van der Waals surface area contributed by atoms with Crippen molar-refractivity contribution in [1.82, 2.24) is 10.3 Å². The predicted octanol–water partition coefficient (Wildman–Crippen LogP) is 1.98. The summed E-state index contributed by atoms with van der Waals surface area (Å²) in [4.78, 5) is 28.1. The Balaban J connectivity index is 2.14. The number of rotatable bonds is 5. The number of carbonyl (C=O) groups excluding carboxylic acids is 2. The van der Waals surface area contributed by atoms with Crippen LogP contribution in [0.3, 0.4) is 0 Å². The summed E-state index contributed by atoms with van der Waals surface area (Å²) in [5, 5.41) is 2.66. The highest BCUT2D eigenvalue weighted by Gasteiger charge is 2.21. The fraction of sp³-hybridized carbons (Fsp3) is 0.188. The number of aryl methyl sites for hydroxylation is 1. The van der Waals surface area contributed by atoms with Gasteiger partial charge in [-0.15, -0.1) is 0 Å². The first kappa shape index (κ1) is 16.2. The van der Waals surface area contributed by atoms with Crippen LogP contribution in [0.2, 0.25) is 0 Å². The van der Waals surface area contributed by atoms with Crippen molar-refractivity contribution in [1.29, 1.82) is 0 Å². The van der Waals surface area contributed by atoms with Crippen LogP contribution in [0.1, 0.15) is 21.6 Å². The summed E-state index contributed by atoms with van der Waals surface area (Å²) in [6.07, 6.45) is 0.346. The molecule has 0 radical (unpaired) electrons. The van der Waals surface area contributed by atoms with E-state index in [4.69, 9.17) is 5.73 Å². The third-order valence-electron chi connectivity index (χ3n) is 3.16. The normalized spacial score (nSPS) is 11.7. The van der Waals surface area contributed by atoms with Crippen molar-refractivity contribution in [3.63, 3.8) is 0 Å². The number of nitrogens with one attached hydrogen (secondary N) is 1. The molecule has 0 aliphatic carbocycles. The molecule has 0 unspecified atom stereocenters. The molecule has 0 aliphatic heterocycles. The fourth-order valence-electron chi connectivity index (χ4n) is 2.00. The molecular formula is C16H16BrN3O2. The SMILES string of the molecule is Cc1ccc(C(=O)N[C@@H](Cc2ccccc2)C(N)=O)c(Br)n1. The van der Waals surface area contributed by atoms with Crippen molar-refractivity contribution in [2.24, 2.45) is 5.73 Å². The van der Waals surface area contributed by atoms with Gasteiger partial charge in [0.1, 0.15) is 10.6 Å². The summed E-state index contributed by atoms with van der Waals surface area (Å²) < 4.78 is 0.438. The van der Waals surface area contributed by atoms with Crippen LogP contribution in [-0.2, 0) is 11.2 Å². The number of nitrogens with zero attached hydrogens (tertiary/aromatic N) is 1. The molecule has 6 heteroatoms. The molecule has 22 heavy (non-hydrogen) atoms. The number of primary amides is 1. The second kappa shape index (κ2) is 7.17. The number of carbonyl (C=O) groups is 2. The zero-order valence-corrected chi connectivity index (χ0v) is 13.6. The maximum absolute atomic E-state index is 12.3. The van der Waals surface area contributed by atoms with Crippen molar-refractivity contribution in [3.05, 3.63) is 63.9 Å². The van der Waals surface area contributed by atoms with E-state index in [0.29, 0.717) is 16.6 Å². The molecule has 0 bridgehead atoms.